The number of carbonyl (C=O) groups is 1. The molecule has 1 N–H and O–H groups in total. The van der Waals surface area contributed by atoms with Gasteiger partial charge in [0, 0.05) is 0 Å². The summed E-state index contributed by atoms with van der Waals surface area (Å²) < 4.78 is 36.8. The van der Waals surface area contributed by atoms with E-state index in [1.54, 1.807) is 38.3 Å². The topological polar surface area (TPSA) is 84.9 Å². The van der Waals surface area contributed by atoms with Gasteiger partial charge in [0.2, 0.25) is 15.9 Å². The highest BCUT2D eigenvalue weighted by molar-refractivity contribution is 7.92. The molecule has 2 aromatic rings. The Hall–Kier alpha value is -2.74. The Bertz CT molecular complexity index is 939. The molecule has 0 bridgehead atoms. The number of aryl methyl sites for hydroxylation is 2. The lowest BCUT2D eigenvalue weighted by Gasteiger charge is -2.28. The molecule has 0 heterocycles. The average molecular weight is 421 g/mol. The van der Waals surface area contributed by atoms with Crippen molar-refractivity contribution < 1.29 is 22.7 Å². The van der Waals surface area contributed by atoms with E-state index in [4.69, 9.17) is 9.47 Å². The fraction of sp³-hybridized carbons (Fsp3) is 0.381. The second-order valence-electron chi connectivity index (χ2n) is 6.87. The fourth-order valence-corrected chi connectivity index (χ4v) is 4.27. The van der Waals surface area contributed by atoms with Crippen LogP contribution in [0.3, 0.4) is 0 Å². The van der Waals surface area contributed by atoms with Crippen molar-refractivity contribution >= 4 is 21.6 Å². The highest BCUT2D eigenvalue weighted by Gasteiger charge is 2.29. The van der Waals surface area contributed by atoms with Crippen LogP contribution in [0.2, 0.25) is 0 Å². The van der Waals surface area contributed by atoms with E-state index in [1.807, 2.05) is 32.0 Å². The van der Waals surface area contributed by atoms with E-state index in [-0.39, 0.29) is 13.2 Å². The fourth-order valence-electron chi connectivity index (χ4n) is 3.11. The lowest BCUT2D eigenvalue weighted by Crippen LogP contribution is -2.48. The molecule has 0 aliphatic carbocycles. The zero-order valence-electron chi connectivity index (χ0n) is 17.4. The lowest BCUT2D eigenvalue weighted by atomic mass is 10.1. The number of anilines is 1. The van der Waals surface area contributed by atoms with Crippen LogP contribution < -0.4 is 19.1 Å². The molecule has 2 rings (SSSR count). The minimum absolute atomic E-state index is 0.223. The molecule has 0 aliphatic heterocycles. The minimum Gasteiger partial charge on any atom is -0.493 e. The Morgan fingerprint density at radius 2 is 1.69 bits per heavy atom. The van der Waals surface area contributed by atoms with E-state index >= 15 is 0 Å². The number of nitrogens with zero attached hydrogens (tertiary/aromatic N) is 1. The predicted octanol–water partition coefficient (Wildman–Crippen LogP) is 2.66. The van der Waals surface area contributed by atoms with Crippen LogP contribution in [0.1, 0.15) is 18.1 Å². The molecule has 7 nitrogen and oxygen atoms in total. The Morgan fingerprint density at radius 3 is 2.24 bits per heavy atom. The molecule has 8 heteroatoms. The molecule has 0 radical (unpaired) electrons. The molecule has 29 heavy (non-hydrogen) atoms. The third-order valence-corrected chi connectivity index (χ3v) is 5.52. The Morgan fingerprint density at radius 1 is 1.10 bits per heavy atom. The van der Waals surface area contributed by atoms with Crippen molar-refractivity contribution in [3.8, 4) is 11.5 Å². The molecule has 0 saturated heterocycles. The van der Waals surface area contributed by atoms with Crippen LogP contribution in [0.15, 0.2) is 42.5 Å². The zero-order chi connectivity index (χ0) is 21.6. The number of rotatable bonds is 9. The molecular weight excluding hydrogens is 392 g/mol. The molecule has 0 unspecified atom stereocenters. The van der Waals surface area contributed by atoms with Crippen LogP contribution in [-0.2, 0) is 14.8 Å². The van der Waals surface area contributed by atoms with Crippen molar-refractivity contribution in [2.75, 3.05) is 30.8 Å². The maximum Gasteiger partial charge on any atom is 0.243 e. The van der Waals surface area contributed by atoms with E-state index in [0.717, 1.165) is 21.7 Å². The third kappa shape index (κ3) is 6.12. The summed E-state index contributed by atoms with van der Waals surface area (Å²) in [5.41, 5.74) is 2.32. The third-order valence-electron chi connectivity index (χ3n) is 4.28. The first-order valence-electron chi connectivity index (χ1n) is 9.24. The number of methoxy groups -OCH3 is 1. The first-order chi connectivity index (χ1) is 13.6. The van der Waals surface area contributed by atoms with E-state index in [2.05, 4.69) is 5.32 Å². The van der Waals surface area contributed by atoms with Crippen LogP contribution in [0.4, 0.5) is 5.69 Å². The van der Waals surface area contributed by atoms with Gasteiger partial charge in [-0.1, -0.05) is 18.2 Å². The van der Waals surface area contributed by atoms with Gasteiger partial charge in [-0.3, -0.25) is 9.10 Å². The normalized spacial score (nSPS) is 12.2. The predicted molar refractivity (Wildman–Crippen MR) is 114 cm³/mol. The van der Waals surface area contributed by atoms with Crippen LogP contribution in [-0.4, -0.2) is 46.9 Å². The summed E-state index contributed by atoms with van der Waals surface area (Å²) in [7, 11) is -2.10. The first-order valence-corrected chi connectivity index (χ1v) is 11.1. The summed E-state index contributed by atoms with van der Waals surface area (Å²) in [6.07, 6.45) is 1.10. The van der Waals surface area contributed by atoms with Crippen LogP contribution >= 0.6 is 0 Å². The Balaban J connectivity index is 2.04. The van der Waals surface area contributed by atoms with Gasteiger partial charge in [-0.05, 0) is 56.2 Å². The summed E-state index contributed by atoms with van der Waals surface area (Å²) in [6.45, 7) is 5.79. The molecule has 0 spiro atoms. The minimum atomic E-state index is -3.65. The molecule has 2 aromatic carbocycles. The smallest absolute Gasteiger partial charge is 0.243 e. The summed E-state index contributed by atoms with van der Waals surface area (Å²) in [5.74, 6) is 0.772. The van der Waals surface area contributed by atoms with Gasteiger partial charge in [0.1, 0.15) is 12.6 Å². The van der Waals surface area contributed by atoms with Crippen LogP contribution in [0, 0.1) is 13.8 Å². The number of carbonyl (C=O) groups excluding carboxylic acids is 1. The number of amides is 1. The van der Waals surface area contributed by atoms with Crippen molar-refractivity contribution in [2.24, 2.45) is 0 Å². The Kier molecular flexibility index (Phi) is 7.50. The Labute approximate surface area is 172 Å². The molecule has 0 saturated carbocycles. The zero-order valence-corrected chi connectivity index (χ0v) is 18.2. The monoisotopic (exact) mass is 420 g/mol. The van der Waals surface area contributed by atoms with E-state index < -0.39 is 22.0 Å². The highest BCUT2D eigenvalue weighted by Crippen LogP contribution is 2.26. The maximum absolute atomic E-state index is 12.6. The van der Waals surface area contributed by atoms with E-state index in [1.165, 1.54) is 0 Å². The highest BCUT2D eigenvalue weighted by atomic mass is 32.2. The molecule has 0 aromatic heterocycles. The second kappa shape index (κ2) is 9.65. The van der Waals surface area contributed by atoms with Crippen molar-refractivity contribution in [3.05, 3.63) is 53.6 Å². The molecule has 0 fully saturated rings. The van der Waals surface area contributed by atoms with E-state index in [9.17, 15) is 13.2 Å². The number of nitrogens with one attached hydrogen (secondary N) is 1. The van der Waals surface area contributed by atoms with Gasteiger partial charge in [0.05, 0.1) is 25.6 Å². The van der Waals surface area contributed by atoms with Gasteiger partial charge in [-0.25, -0.2) is 8.42 Å². The SMILES string of the molecule is COc1ccccc1OCCNC(=O)[C@H](C)N(c1cc(C)cc(C)c1)S(C)(=O)=O. The number of sulfonamides is 1. The molecule has 1 atom stereocenters. The van der Waals surface area contributed by atoms with E-state index in [0.29, 0.717) is 17.2 Å². The second-order valence-corrected chi connectivity index (χ2v) is 8.73. The van der Waals surface area contributed by atoms with Crippen LogP contribution in [0.5, 0.6) is 11.5 Å². The van der Waals surface area contributed by atoms with Crippen LogP contribution in [0.25, 0.3) is 0 Å². The average Bonchev–Trinajstić information content (AvgIpc) is 2.63. The van der Waals surface area contributed by atoms with Crippen molar-refractivity contribution in [3.63, 3.8) is 0 Å². The van der Waals surface area contributed by atoms with Crippen molar-refractivity contribution in [1.82, 2.24) is 5.32 Å². The number of para-hydroxylation sites is 2. The molecule has 158 valence electrons. The number of hydrogen-bond donors (Lipinski definition) is 1. The van der Waals surface area contributed by atoms with Gasteiger partial charge in [0.25, 0.3) is 0 Å². The van der Waals surface area contributed by atoms with Crippen molar-refractivity contribution in [2.45, 2.75) is 26.8 Å². The number of hydrogen-bond acceptors (Lipinski definition) is 5. The van der Waals surface area contributed by atoms with Gasteiger partial charge in [-0.15, -0.1) is 0 Å². The number of ether oxygens (including phenoxy) is 2. The molecule has 0 aliphatic rings. The van der Waals surface area contributed by atoms with Gasteiger partial charge >= 0.3 is 0 Å². The van der Waals surface area contributed by atoms with Gasteiger partial charge < -0.3 is 14.8 Å². The summed E-state index contributed by atoms with van der Waals surface area (Å²) in [4.78, 5) is 12.6. The van der Waals surface area contributed by atoms with Gasteiger partial charge in [-0.2, -0.15) is 0 Å². The lowest BCUT2D eigenvalue weighted by molar-refractivity contribution is -0.121. The quantitative estimate of drug-likeness (QED) is 0.631. The van der Waals surface area contributed by atoms with Crippen molar-refractivity contribution in [1.29, 1.82) is 0 Å². The maximum atomic E-state index is 12.6. The standard InChI is InChI=1S/C21H28N2O5S/c1-15-12-16(2)14-18(13-15)23(29(5,25)26)17(3)21(24)22-10-11-28-20-9-7-6-8-19(20)27-4/h6-9,12-14,17H,10-11H2,1-5H3,(H,22,24)/t17-/m0/s1. The largest absolute Gasteiger partial charge is 0.493 e. The van der Waals surface area contributed by atoms with Gasteiger partial charge in [0.15, 0.2) is 11.5 Å². The summed E-state index contributed by atoms with van der Waals surface area (Å²) >= 11 is 0. The molecule has 1 amide bonds. The summed E-state index contributed by atoms with van der Waals surface area (Å²) in [5, 5.41) is 2.73. The summed E-state index contributed by atoms with van der Waals surface area (Å²) in [6, 6.07) is 11.8. The number of benzene rings is 2. The molecular formula is C21H28N2O5S. The first kappa shape index (κ1) is 22.5.